The average Bonchev–Trinajstić information content (AvgIpc) is 2.52. The van der Waals surface area contributed by atoms with Gasteiger partial charge in [-0.3, -0.25) is 0 Å². The Kier molecular flexibility index (Phi) is 7.45. The van der Waals surface area contributed by atoms with Crippen molar-refractivity contribution in [3.63, 3.8) is 0 Å². The van der Waals surface area contributed by atoms with Gasteiger partial charge in [-0.2, -0.15) is 13.2 Å². The smallest absolute Gasteiger partial charge is 0.305 e. The molecule has 5 heteroatoms. The minimum Gasteiger partial charge on any atom is -0.305 e. The van der Waals surface area contributed by atoms with E-state index in [4.69, 9.17) is 0 Å². The molecule has 0 saturated heterocycles. The minimum atomic E-state index is -4.34. The van der Waals surface area contributed by atoms with Gasteiger partial charge in [0.1, 0.15) is 5.41 Å². The number of hydrogen-bond acceptors (Lipinski definition) is 1. The second kappa shape index (κ2) is 8.65. The van der Waals surface area contributed by atoms with Crippen molar-refractivity contribution in [1.29, 1.82) is 0 Å². The van der Waals surface area contributed by atoms with Gasteiger partial charge in [-0.05, 0) is 25.2 Å². The number of rotatable bonds is 9. The van der Waals surface area contributed by atoms with E-state index >= 15 is 0 Å². The third kappa shape index (κ3) is 5.93. The second-order valence-corrected chi connectivity index (χ2v) is 11.4. The van der Waals surface area contributed by atoms with Gasteiger partial charge in [0.25, 0.3) is 0 Å². The molecule has 0 fully saturated rings. The van der Waals surface area contributed by atoms with E-state index in [0.717, 1.165) is 43.0 Å². The van der Waals surface area contributed by atoms with E-state index in [1.165, 1.54) is 12.1 Å². The van der Waals surface area contributed by atoms with Crippen LogP contribution in [0.1, 0.15) is 44.6 Å². The lowest BCUT2D eigenvalue weighted by molar-refractivity contribution is -0.137. The number of benzene rings is 1. The van der Waals surface area contributed by atoms with Crippen molar-refractivity contribution in [2.24, 2.45) is 5.92 Å². The molecule has 134 valence electrons. The van der Waals surface area contributed by atoms with Gasteiger partial charge in [0.15, 0.2) is 8.07 Å². The number of carbonyl (C=O) groups is 1. The van der Waals surface area contributed by atoms with Gasteiger partial charge in [0, 0.05) is 6.42 Å². The zero-order chi connectivity index (χ0) is 18.4. The molecule has 1 aromatic carbocycles. The predicted octanol–water partition coefficient (Wildman–Crippen LogP) is 5.50. The molecule has 0 spiro atoms. The SMILES string of the molecule is C=CCCC(C)CCCC(=O)[Si](C)(C)c1ccc(C(F)(F)F)cc1. The van der Waals surface area contributed by atoms with Crippen molar-refractivity contribution in [3.05, 3.63) is 42.5 Å². The molecule has 0 aromatic heterocycles. The molecule has 0 saturated carbocycles. The Bertz CT molecular complexity index is 547. The fourth-order valence-electron chi connectivity index (χ4n) is 2.71. The van der Waals surface area contributed by atoms with Gasteiger partial charge in [0.05, 0.1) is 5.56 Å². The molecule has 24 heavy (non-hydrogen) atoms. The first-order chi connectivity index (χ1) is 11.1. The normalized spacial score (nSPS) is 13.6. The lowest BCUT2D eigenvalue weighted by Gasteiger charge is -2.22. The Balaban J connectivity index is 2.63. The molecule has 0 radical (unpaired) electrons. The molecule has 0 heterocycles. The van der Waals surface area contributed by atoms with Crippen molar-refractivity contribution in [1.82, 2.24) is 0 Å². The molecule has 0 aliphatic heterocycles. The van der Waals surface area contributed by atoms with Gasteiger partial charge in [-0.25, -0.2) is 0 Å². The van der Waals surface area contributed by atoms with Gasteiger partial charge < -0.3 is 4.79 Å². The molecule has 1 nitrogen and oxygen atoms in total. The fourth-order valence-corrected chi connectivity index (χ4v) is 4.83. The number of halogens is 3. The minimum absolute atomic E-state index is 0.207. The second-order valence-electron chi connectivity index (χ2n) is 6.99. The summed E-state index contributed by atoms with van der Waals surface area (Å²) < 4.78 is 37.9. The van der Waals surface area contributed by atoms with Crippen LogP contribution in [0.15, 0.2) is 36.9 Å². The first-order valence-electron chi connectivity index (χ1n) is 8.41. The van der Waals surface area contributed by atoms with Crippen LogP contribution in [0.3, 0.4) is 0 Å². The van der Waals surface area contributed by atoms with Gasteiger partial charge in [0.2, 0.25) is 0 Å². The largest absolute Gasteiger partial charge is 0.416 e. The molecule has 0 N–H and O–H groups in total. The Morgan fingerprint density at radius 2 is 1.79 bits per heavy atom. The number of carbonyl (C=O) groups excluding carboxylic acids is 1. The highest BCUT2D eigenvalue weighted by Gasteiger charge is 2.34. The summed E-state index contributed by atoms with van der Waals surface area (Å²) in [5, 5.41) is 0.971. The highest BCUT2D eigenvalue weighted by atomic mass is 28.3. The summed E-state index contributed by atoms with van der Waals surface area (Å²) in [5.74, 6) is 0.562. The molecule has 0 bridgehead atoms. The number of alkyl halides is 3. The van der Waals surface area contributed by atoms with E-state index in [0.29, 0.717) is 12.3 Å². The molecule has 1 aromatic rings. The van der Waals surface area contributed by atoms with Crippen molar-refractivity contribution >= 4 is 18.7 Å². The molecule has 0 aliphatic carbocycles. The van der Waals surface area contributed by atoms with Crippen molar-refractivity contribution in [2.75, 3.05) is 0 Å². The highest BCUT2D eigenvalue weighted by molar-refractivity contribution is 7.13. The third-order valence-corrected chi connectivity index (χ3v) is 8.02. The standard InChI is InChI=1S/C19H27F3OSi/c1-5-6-8-15(2)9-7-10-18(23)24(3,4)17-13-11-16(12-14-17)19(20,21)22/h5,11-15H,1,6-10H2,2-4H3. The van der Waals surface area contributed by atoms with E-state index < -0.39 is 19.8 Å². The van der Waals surface area contributed by atoms with Crippen LogP contribution in [0.5, 0.6) is 0 Å². The summed E-state index contributed by atoms with van der Waals surface area (Å²) in [5.41, 5.74) is -0.667. The lowest BCUT2D eigenvalue weighted by atomic mass is 9.99. The summed E-state index contributed by atoms with van der Waals surface area (Å²) in [6, 6.07) is 5.10. The van der Waals surface area contributed by atoms with Crippen LogP contribution in [0.4, 0.5) is 13.2 Å². The quantitative estimate of drug-likeness (QED) is 0.422. The van der Waals surface area contributed by atoms with Gasteiger partial charge in [-0.15, -0.1) is 6.58 Å². The Morgan fingerprint density at radius 3 is 2.29 bits per heavy atom. The van der Waals surface area contributed by atoms with Crippen LogP contribution in [0.25, 0.3) is 0 Å². The molecule has 1 atom stereocenters. The molecular formula is C19H27F3OSi. The maximum Gasteiger partial charge on any atom is 0.416 e. The average molecular weight is 357 g/mol. The molecule has 1 unspecified atom stereocenters. The van der Waals surface area contributed by atoms with E-state index in [9.17, 15) is 18.0 Å². The van der Waals surface area contributed by atoms with Gasteiger partial charge in [-0.1, -0.05) is 62.0 Å². The number of hydrogen-bond donors (Lipinski definition) is 0. The summed E-state index contributed by atoms with van der Waals surface area (Å²) in [4.78, 5) is 12.6. The van der Waals surface area contributed by atoms with Crippen LogP contribution in [0, 0.1) is 5.92 Å². The summed E-state index contributed by atoms with van der Waals surface area (Å²) >= 11 is 0. The number of allylic oxidation sites excluding steroid dienone is 1. The summed E-state index contributed by atoms with van der Waals surface area (Å²) in [6.07, 6.45) is 1.99. The Morgan fingerprint density at radius 1 is 1.21 bits per heavy atom. The van der Waals surface area contributed by atoms with Crippen molar-refractivity contribution in [2.45, 2.75) is 58.3 Å². The molecule has 0 amide bonds. The van der Waals surface area contributed by atoms with Crippen molar-refractivity contribution in [3.8, 4) is 0 Å². The fraction of sp³-hybridized carbons (Fsp3) is 0.526. The Labute approximate surface area is 144 Å². The van der Waals surface area contributed by atoms with Gasteiger partial charge >= 0.3 is 6.18 Å². The van der Waals surface area contributed by atoms with E-state index in [2.05, 4.69) is 13.5 Å². The van der Waals surface area contributed by atoms with Crippen LogP contribution >= 0.6 is 0 Å². The maximum atomic E-state index is 12.6. The first kappa shape index (κ1) is 20.7. The highest BCUT2D eigenvalue weighted by Crippen LogP contribution is 2.28. The Hall–Kier alpha value is -1.36. The molecule has 0 aliphatic rings. The van der Waals surface area contributed by atoms with Crippen LogP contribution in [-0.2, 0) is 11.0 Å². The van der Waals surface area contributed by atoms with E-state index in [1.54, 1.807) is 0 Å². The predicted molar refractivity (Wildman–Crippen MR) is 96.0 cm³/mol. The molecule has 1 rings (SSSR count). The maximum absolute atomic E-state index is 12.6. The van der Waals surface area contributed by atoms with Crippen LogP contribution in [-0.4, -0.2) is 13.5 Å². The van der Waals surface area contributed by atoms with Crippen LogP contribution in [0.2, 0.25) is 13.1 Å². The summed E-state index contributed by atoms with van der Waals surface area (Å²) in [6.45, 7) is 9.71. The third-order valence-electron chi connectivity index (χ3n) is 4.60. The first-order valence-corrected chi connectivity index (χ1v) is 11.4. The monoisotopic (exact) mass is 356 g/mol. The summed E-state index contributed by atoms with van der Waals surface area (Å²) in [7, 11) is -2.38. The van der Waals surface area contributed by atoms with Crippen LogP contribution < -0.4 is 5.19 Å². The lowest BCUT2D eigenvalue weighted by Crippen LogP contribution is -2.49. The zero-order valence-corrected chi connectivity index (χ0v) is 15.7. The van der Waals surface area contributed by atoms with E-state index in [1.807, 2.05) is 19.2 Å². The zero-order valence-electron chi connectivity index (χ0n) is 14.7. The van der Waals surface area contributed by atoms with E-state index in [-0.39, 0.29) is 5.41 Å². The topological polar surface area (TPSA) is 17.1 Å². The molecular weight excluding hydrogens is 329 g/mol. The van der Waals surface area contributed by atoms with Crippen molar-refractivity contribution < 1.29 is 18.0 Å².